The topological polar surface area (TPSA) is 78.9 Å². The number of rotatable bonds is 5. The molecule has 6 nitrogen and oxygen atoms in total. The second kappa shape index (κ2) is 5.40. The Morgan fingerprint density at radius 2 is 1.89 bits per heavy atom. The third-order valence-corrected chi connectivity index (χ3v) is 4.47. The van der Waals surface area contributed by atoms with Crippen LogP contribution in [0.5, 0.6) is 5.75 Å². The first kappa shape index (κ1) is 11.0. The Kier molecular flexibility index (Phi) is 3.30. The Bertz CT molecular complexity index is 662. The minimum Gasteiger partial charge on any atom is -0.404 e. The standard InChI is InChI=1S/C10H15O6PS/c1-8-7-9(16-17(11,14-2)15-3)5-6-10(8)18(4,12)13/h5-7H,1-4H3/i4D3. The maximum Gasteiger partial charge on any atom is 0.529 e. The van der Waals surface area contributed by atoms with Crippen molar-refractivity contribution >= 4 is 17.7 Å². The summed E-state index contributed by atoms with van der Waals surface area (Å²) in [6.07, 6.45) is -3.16. The summed E-state index contributed by atoms with van der Waals surface area (Å²) < 4.78 is 70.9. The van der Waals surface area contributed by atoms with E-state index in [2.05, 4.69) is 9.05 Å². The first-order valence-electron chi connectivity index (χ1n) is 6.23. The normalized spacial score (nSPS) is 15.6. The summed E-state index contributed by atoms with van der Waals surface area (Å²) in [4.78, 5) is -0.348. The Balaban J connectivity index is 3.22. The highest BCUT2D eigenvalue weighted by atomic mass is 32.2. The van der Waals surface area contributed by atoms with Crippen LogP contribution in [0, 0.1) is 6.92 Å². The summed E-state index contributed by atoms with van der Waals surface area (Å²) in [5, 5.41) is 0. The number of aryl methyl sites for hydroxylation is 1. The third-order valence-electron chi connectivity index (χ3n) is 2.10. The van der Waals surface area contributed by atoms with E-state index in [1.807, 2.05) is 0 Å². The van der Waals surface area contributed by atoms with Crippen molar-refractivity contribution in [2.24, 2.45) is 0 Å². The highest BCUT2D eigenvalue weighted by Crippen LogP contribution is 2.47. The van der Waals surface area contributed by atoms with E-state index in [1.165, 1.54) is 19.1 Å². The molecule has 0 aliphatic carbocycles. The van der Waals surface area contributed by atoms with Crippen LogP contribution < -0.4 is 4.52 Å². The first-order chi connectivity index (χ1) is 9.47. The van der Waals surface area contributed by atoms with Crippen LogP contribution in [0.25, 0.3) is 0 Å². The lowest BCUT2D eigenvalue weighted by Gasteiger charge is -2.15. The van der Waals surface area contributed by atoms with E-state index in [0.29, 0.717) is 0 Å². The lowest BCUT2D eigenvalue weighted by Crippen LogP contribution is -2.01. The Morgan fingerprint density at radius 1 is 1.28 bits per heavy atom. The van der Waals surface area contributed by atoms with Crippen molar-refractivity contribution in [3.8, 4) is 5.75 Å². The van der Waals surface area contributed by atoms with Crippen LogP contribution in [-0.4, -0.2) is 28.8 Å². The molecular weight excluding hydrogens is 279 g/mol. The zero-order valence-electron chi connectivity index (χ0n) is 13.0. The molecule has 0 aliphatic rings. The van der Waals surface area contributed by atoms with Crippen molar-refractivity contribution in [2.75, 3.05) is 20.4 Å². The zero-order chi connectivity index (χ0) is 16.5. The molecular formula is C10H15O6PS. The first-order valence-corrected chi connectivity index (χ1v) is 7.67. The summed E-state index contributed by atoms with van der Waals surface area (Å²) >= 11 is 0. The number of benzene rings is 1. The molecule has 18 heavy (non-hydrogen) atoms. The fourth-order valence-corrected chi connectivity index (χ4v) is 2.66. The van der Waals surface area contributed by atoms with Crippen molar-refractivity contribution in [1.82, 2.24) is 0 Å². The predicted octanol–water partition coefficient (Wildman–Crippen LogP) is 2.18. The zero-order valence-corrected chi connectivity index (χ0v) is 11.7. The average Bonchev–Trinajstić information content (AvgIpc) is 2.37. The predicted molar refractivity (Wildman–Crippen MR) is 66.5 cm³/mol. The number of hydrogen-bond donors (Lipinski definition) is 0. The lowest BCUT2D eigenvalue weighted by molar-refractivity contribution is 0.211. The van der Waals surface area contributed by atoms with Crippen LogP contribution in [-0.2, 0) is 23.4 Å². The van der Waals surface area contributed by atoms with Gasteiger partial charge in [-0.2, -0.15) is 0 Å². The van der Waals surface area contributed by atoms with Crippen molar-refractivity contribution in [3.63, 3.8) is 0 Å². The van der Waals surface area contributed by atoms with Crippen LogP contribution in [0.3, 0.4) is 0 Å². The minimum atomic E-state index is -4.47. The van der Waals surface area contributed by atoms with Gasteiger partial charge in [0.1, 0.15) is 5.75 Å². The van der Waals surface area contributed by atoms with Crippen LogP contribution in [0.2, 0.25) is 0 Å². The van der Waals surface area contributed by atoms with Crippen molar-refractivity contribution in [1.29, 1.82) is 0 Å². The van der Waals surface area contributed by atoms with E-state index in [1.54, 1.807) is 0 Å². The van der Waals surface area contributed by atoms with Gasteiger partial charge in [-0.25, -0.2) is 13.0 Å². The van der Waals surface area contributed by atoms with E-state index >= 15 is 0 Å². The highest BCUT2D eigenvalue weighted by molar-refractivity contribution is 7.90. The molecule has 1 aromatic carbocycles. The molecule has 0 aromatic heterocycles. The van der Waals surface area contributed by atoms with Crippen LogP contribution in [0.1, 0.15) is 9.68 Å². The van der Waals surface area contributed by atoms with Gasteiger partial charge in [-0.3, -0.25) is 9.05 Å². The molecule has 1 aromatic rings. The second-order valence-corrected chi connectivity index (χ2v) is 6.59. The summed E-state index contributed by atoms with van der Waals surface area (Å²) in [6.45, 7) is 1.40. The monoisotopic (exact) mass is 297 g/mol. The molecule has 8 heteroatoms. The fourth-order valence-electron chi connectivity index (χ4n) is 1.26. The Labute approximate surface area is 111 Å². The second-order valence-electron chi connectivity index (χ2n) is 3.33. The van der Waals surface area contributed by atoms with Crippen LogP contribution in [0.15, 0.2) is 23.1 Å². The van der Waals surface area contributed by atoms with E-state index in [0.717, 1.165) is 20.3 Å². The van der Waals surface area contributed by atoms with E-state index in [4.69, 9.17) is 8.64 Å². The molecule has 0 saturated carbocycles. The molecule has 102 valence electrons. The van der Waals surface area contributed by atoms with E-state index in [-0.39, 0.29) is 16.2 Å². The fraction of sp³-hybridized carbons (Fsp3) is 0.400. The maximum absolute atomic E-state index is 11.9. The molecule has 1 rings (SSSR count). The number of hydrogen-bond acceptors (Lipinski definition) is 6. The smallest absolute Gasteiger partial charge is 0.404 e. The summed E-state index contributed by atoms with van der Waals surface area (Å²) in [7, 11) is -5.98. The van der Waals surface area contributed by atoms with Gasteiger partial charge in [0, 0.05) is 24.5 Å². The van der Waals surface area contributed by atoms with Crippen molar-refractivity contribution < 1.29 is 30.7 Å². The third kappa shape index (κ3) is 3.55. The summed E-state index contributed by atoms with van der Waals surface area (Å²) in [6, 6.07) is 3.49. The molecule has 0 unspecified atom stereocenters. The van der Waals surface area contributed by atoms with Crippen molar-refractivity contribution in [3.05, 3.63) is 23.8 Å². The molecule has 0 heterocycles. The van der Waals surface area contributed by atoms with Crippen LogP contribution in [0.4, 0.5) is 0 Å². The van der Waals surface area contributed by atoms with Gasteiger partial charge >= 0.3 is 7.82 Å². The molecule has 0 N–H and O–H groups in total. The molecule has 0 amide bonds. The SMILES string of the molecule is [2H]C([2H])([2H])S(=O)(=O)c1ccc(OP(=O)(OC)OC)cc1C. The average molecular weight is 297 g/mol. The van der Waals surface area contributed by atoms with Crippen molar-refractivity contribution in [2.45, 2.75) is 11.8 Å². The van der Waals surface area contributed by atoms with Gasteiger partial charge in [-0.15, -0.1) is 0 Å². The number of phosphoric ester groups is 1. The summed E-state index contributed by atoms with van der Waals surface area (Å²) in [5.74, 6) is 0.0315. The van der Waals surface area contributed by atoms with Gasteiger partial charge in [0.2, 0.25) is 0 Å². The van der Waals surface area contributed by atoms with E-state index < -0.39 is 23.8 Å². The summed E-state index contributed by atoms with van der Waals surface area (Å²) in [5.41, 5.74) is 0.141. The number of sulfone groups is 1. The molecule has 0 fully saturated rings. The van der Waals surface area contributed by atoms with E-state index in [9.17, 15) is 13.0 Å². The highest BCUT2D eigenvalue weighted by Gasteiger charge is 2.25. The van der Waals surface area contributed by atoms with Gasteiger partial charge < -0.3 is 4.52 Å². The molecule has 0 radical (unpaired) electrons. The Hall–Kier alpha value is -0.880. The van der Waals surface area contributed by atoms with Gasteiger partial charge in [-0.1, -0.05) is 0 Å². The maximum atomic E-state index is 11.9. The van der Waals surface area contributed by atoms with Gasteiger partial charge in [0.05, 0.1) is 4.90 Å². The van der Waals surface area contributed by atoms with Gasteiger partial charge in [-0.05, 0) is 30.7 Å². The largest absolute Gasteiger partial charge is 0.529 e. The Morgan fingerprint density at radius 3 is 2.33 bits per heavy atom. The lowest BCUT2D eigenvalue weighted by atomic mass is 10.2. The van der Waals surface area contributed by atoms with Crippen LogP contribution >= 0.6 is 7.82 Å². The van der Waals surface area contributed by atoms with Gasteiger partial charge in [0.15, 0.2) is 9.84 Å². The minimum absolute atomic E-state index is 0.0315. The van der Waals surface area contributed by atoms with Gasteiger partial charge in [0.25, 0.3) is 0 Å². The molecule has 0 aliphatic heterocycles. The number of phosphoric acid groups is 1. The quantitative estimate of drug-likeness (QED) is 0.775. The molecule has 0 spiro atoms. The molecule has 0 atom stereocenters. The molecule has 0 saturated heterocycles. The molecule has 0 bridgehead atoms.